The Morgan fingerprint density at radius 3 is 2.47 bits per heavy atom. The molecule has 30 heavy (non-hydrogen) atoms. The van der Waals surface area contributed by atoms with Crippen LogP contribution in [0.1, 0.15) is 68.2 Å². The van der Waals surface area contributed by atoms with E-state index in [1.807, 2.05) is 30.7 Å². The summed E-state index contributed by atoms with van der Waals surface area (Å²) in [7, 11) is 1.86. The van der Waals surface area contributed by atoms with E-state index in [0.29, 0.717) is 51.1 Å². The summed E-state index contributed by atoms with van der Waals surface area (Å²) in [4.78, 5) is 41.6. The molecule has 2 aliphatic heterocycles. The lowest BCUT2D eigenvalue weighted by molar-refractivity contribution is -0.135. The number of aryl methyl sites for hydroxylation is 1. The molecule has 8 heteroatoms. The maximum absolute atomic E-state index is 13.2. The molecule has 3 amide bonds. The summed E-state index contributed by atoms with van der Waals surface area (Å²) in [5, 5.41) is 7.52. The maximum atomic E-state index is 13.2. The lowest BCUT2D eigenvalue weighted by Crippen LogP contribution is -2.44. The smallest absolute Gasteiger partial charge is 0.274 e. The number of hydrogen-bond donors (Lipinski definition) is 1. The van der Waals surface area contributed by atoms with E-state index >= 15 is 0 Å². The largest absolute Gasteiger partial charge is 0.356 e. The molecule has 1 fully saturated rings. The monoisotopic (exact) mass is 417 g/mol. The second kappa shape index (κ2) is 9.62. The Hall–Kier alpha value is -2.38. The maximum Gasteiger partial charge on any atom is 0.274 e. The lowest BCUT2D eigenvalue weighted by Gasteiger charge is -2.32. The first-order chi connectivity index (χ1) is 14.3. The predicted octanol–water partition coefficient (Wildman–Crippen LogP) is 1.73. The van der Waals surface area contributed by atoms with E-state index in [9.17, 15) is 14.4 Å². The highest BCUT2D eigenvalue weighted by atomic mass is 16.2. The second-order valence-corrected chi connectivity index (χ2v) is 8.77. The molecule has 1 aromatic heterocycles. The van der Waals surface area contributed by atoms with Crippen molar-refractivity contribution in [1.29, 1.82) is 0 Å². The van der Waals surface area contributed by atoms with Gasteiger partial charge in [0.2, 0.25) is 11.8 Å². The minimum absolute atomic E-state index is 0.0253. The van der Waals surface area contributed by atoms with Gasteiger partial charge in [0.25, 0.3) is 5.91 Å². The van der Waals surface area contributed by atoms with Gasteiger partial charge in [0, 0.05) is 69.3 Å². The third kappa shape index (κ3) is 4.68. The van der Waals surface area contributed by atoms with E-state index in [2.05, 4.69) is 17.3 Å². The van der Waals surface area contributed by atoms with Gasteiger partial charge in [-0.15, -0.1) is 0 Å². The van der Waals surface area contributed by atoms with Gasteiger partial charge in [-0.25, -0.2) is 0 Å². The molecule has 3 heterocycles. The Balaban J connectivity index is 1.65. The zero-order valence-electron chi connectivity index (χ0n) is 18.7. The van der Waals surface area contributed by atoms with Crippen molar-refractivity contribution in [2.24, 2.45) is 18.9 Å². The SMILES string of the molecule is CCCCNC(=O)C1CCN(C(=O)c2nn(C)c3c2CN(C(=O)C(C)C)CC3)CC1. The molecular weight excluding hydrogens is 382 g/mol. The predicted molar refractivity (Wildman–Crippen MR) is 114 cm³/mol. The number of fused-ring (bicyclic) bond motifs is 1. The Morgan fingerprint density at radius 1 is 1.13 bits per heavy atom. The topological polar surface area (TPSA) is 87.5 Å². The molecule has 0 aromatic carbocycles. The Bertz CT molecular complexity index is 793. The van der Waals surface area contributed by atoms with Crippen LogP contribution in [-0.4, -0.2) is 63.5 Å². The second-order valence-electron chi connectivity index (χ2n) is 8.77. The fraction of sp³-hybridized carbons (Fsp3) is 0.727. The van der Waals surface area contributed by atoms with E-state index in [1.165, 1.54) is 0 Å². The molecule has 8 nitrogen and oxygen atoms in total. The molecule has 1 aromatic rings. The molecule has 0 bridgehead atoms. The summed E-state index contributed by atoms with van der Waals surface area (Å²) in [6.45, 7) is 8.85. The molecule has 0 radical (unpaired) electrons. The number of likely N-dealkylation sites (tertiary alicyclic amines) is 1. The average molecular weight is 418 g/mol. The van der Waals surface area contributed by atoms with Crippen molar-refractivity contribution in [3.63, 3.8) is 0 Å². The zero-order valence-corrected chi connectivity index (χ0v) is 18.7. The summed E-state index contributed by atoms with van der Waals surface area (Å²) in [5.41, 5.74) is 2.37. The van der Waals surface area contributed by atoms with E-state index in [-0.39, 0.29) is 29.6 Å². The van der Waals surface area contributed by atoms with Crippen LogP contribution in [0, 0.1) is 11.8 Å². The summed E-state index contributed by atoms with van der Waals surface area (Å²) < 4.78 is 1.79. The van der Waals surface area contributed by atoms with Crippen molar-refractivity contribution in [2.75, 3.05) is 26.2 Å². The fourth-order valence-corrected chi connectivity index (χ4v) is 4.34. The highest BCUT2D eigenvalue weighted by Gasteiger charge is 2.34. The minimum Gasteiger partial charge on any atom is -0.356 e. The highest BCUT2D eigenvalue weighted by molar-refractivity contribution is 5.94. The van der Waals surface area contributed by atoms with Gasteiger partial charge in [-0.1, -0.05) is 27.2 Å². The fourth-order valence-electron chi connectivity index (χ4n) is 4.34. The molecule has 1 N–H and O–H groups in total. The van der Waals surface area contributed by atoms with E-state index < -0.39 is 0 Å². The molecular formula is C22H35N5O3. The number of nitrogens with zero attached hydrogens (tertiary/aromatic N) is 4. The third-order valence-electron chi connectivity index (χ3n) is 6.23. The van der Waals surface area contributed by atoms with Gasteiger partial charge >= 0.3 is 0 Å². The van der Waals surface area contributed by atoms with Gasteiger partial charge in [0.1, 0.15) is 0 Å². The number of hydrogen-bond acceptors (Lipinski definition) is 4. The Kier molecular flexibility index (Phi) is 7.15. The van der Waals surface area contributed by atoms with Crippen molar-refractivity contribution in [1.82, 2.24) is 24.9 Å². The molecule has 0 aliphatic carbocycles. The molecule has 0 unspecified atom stereocenters. The molecule has 0 atom stereocenters. The molecule has 166 valence electrons. The lowest BCUT2D eigenvalue weighted by atomic mass is 9.95. The minimum atomic E-state index is -0.0875. The number of rotatable bonds is 6. The van der Waals surface area contributed by atoms with Gasteiger partial charge < -0.3 is 15.1 Å². The first kappa shape index (κ1) is 22.3. The number of carbonyl (C=O) groups is 3. The summed E-state index contributed by atoms with van der Waals surface area (Å²) in [6, 6.07) is 0. The van der Waals surface area contributed by atoms with Crippen LogP contribution in [0.25, 0.3) is 0 Å². The van der Waals surface area contributed by atoms with Gasteiger partial charge in [-0.3, -0.25) is 19.1 Å². The third-order valence-corrected chi connectivity index (χ3v) is 6.23. The van der Waals surface area contributed by atoms with Crippen LogP contribution in [0.4, 0.5) is 0 Å². The quantitative estimate of drug-likeness (QED) is 0.714. The van der Waals surface area contributed by atoms with Crippen LogP contribution < -0.4 is 5.32 Å². The summed E-state index contributed by atoms with van der Waals surface area (Å²) >= 11 is 0. The number of unbranched alkanes of at least 4 members (excludes halogenated alkanes) is 1. The number of carbonyl (C=O) groups excluding carboxylic acids is 3. The molecule has 0 saturated carbocycles. The molecule has 3 rings (SSSR count). The molecule has 2 aliphatic rings. The van der Waals surface area contributed by atoms with Gasteiger partial charge in [-0.2, -0.15) is 5.10 Å². The Labute approximate surface area is 179 Å². The summed E-state index contributed by atoms with van der Waals surface area (Å²) in [6.07, 6.45) is 4.12. The first-order valence-corrected chi connectivity index (χ1v) is 11.2. The molecule has 0 spiro atoms. The normalized spacial score (nSPS) is 17.2. The van der Waals surface area contributed by atoms with Crippen molar-refractivity contribution < 1.29 is 14.4 Å². The van der Waals surface area contributed by atoms with Gasteiger partial charge in [0.05, 0.1) is 0 Å². The van der Waals surface area contributed by atoms with Crippen LogP contribution in [0.3, 0.4) is 0 Å². The van der Waals surface area contributed by atoms with Crippen molar-refractivity contribution in [2.45, 2.75) is 59.4 Å². The number of nitrogens with one attached hydrogen (secondary N) is 1. The van der Waals surface area contributed by atoms with Crippen molar-refractivity contribution >= 4 is 17.7 Å². The van der Waals surface area contributed by atoms with Crippen LogP contribution >= 0.6 is 0 Å². The van der Waals surface area contributed by atoms with Crippen LogP contribution in [0.5, 0.6) is 0 Å². The van der Waals surface area contributed by atoms with Crippen LogP contribution in [-0.2, 0) is 29.6 Å². The van der Waals surface area contributed by atoms with Crippen molar-refractivity contribution in [3.05, 3.63) is 17.0 Å². The van der Waals surface area contributed by atoms with Gasteiger partial charge in [-0.05, 0) is 19.3 Å². The van der Waals surface area contributed by atoms with E-state index in [4.69, 9.17) is 0 Å². The van der Waals surface area contributed by atoms with Crippen molar-refractivity contribution in [3.8, 4) is 0 Å². The number of amides is 3. The van der Waals surface area contributed by atoms with E-state index in [0.717, 1.165) is 30.6 Å². The number of piperidine rings is 1. The first-order valence-electron chi connectivity index (χ1n) is 11.2. The summed E-state index contributed by atoms with van der Waals surface area (Å²) in [5.74, 6) is 0.0366. The standard InChI is InChI=1S/C22H35N5O3/c1-5-6-10-23-20(28)16-7-11-26(12-8-16)22(30)19-17-14-27(21(29)15(2)3)13-9-18(17)25(4)24-19/h15-16H,5-14H2,1-4H3,(H,23,28). The van der Waals surface area contributed by atoms with E-state index in [1.54, 1.807) is 4.68 Å². The van der Waals surface area contributed by atoms with Crippen LogP contribution in [0.2, 0.25) is 0 Å². The number of aromatic nitrogens is 2. The van der Waals surface area contributed by atoms with Gasteiger partial charge in [0.15, 0.2) is 5.69 Å². The zero-order chi connectivity index (χ0) is 21.8. The Morgan fingerprint density at radius 2 is 1.83 bits per heavy atom. The average Bonchev–Trinajstić information content (AvgIpc) is 3.08. The molecule has 1 saturated heterocycles. The highest BCUT2D eigenvalue weighted by Crippen LogP contribution is 2.26. The van der Waals surface area contributed by atoms with Crippen LogP contribution in [0.15, 0.2) is 0 Å².